The zero-order valence-electron chi connectivity index (χ0n) is 9.12. The Morgan fingerprint density at radius 2 is 2.47 bits per heavy atom. The molecule has 4 heteroatoms. The second kappa shape index (κ2) is 6.24. The summed E-state index contributed by atoms with van der Waals surface area (Å²) in [6.45, 7) is 3.30. The van der Waals surface area contributed by atoms with Crippen LogP contribution in [-0.4, -0.2) is 24.0 Å². The third kappa shape index (κ3) is 4.65. The summed E-state index contributed by atoms with van der Waals surface area (Å²) in [5, 5.41) is 2.87. The number of amides is 1. The molecule has 0 aliphatic heterocycles. The van der Waals surface area contributed by atoms with Crippen molar-refractivity contribution in [3.63, 3.8) is 0 Å². The molecule has 4 nitrogen and oxygen atoms in total. The van der Waals surface area contributed by atoms with Crippen molar-refractivity contribution in [1.82, 2.24) is 10.3 Å². The van der Waals surface area contributed by atoms with Crippen molar-refractivity contribution in [2.45, 2.75) is 19.8 Å². The van der Waals surface area contributed by atoms with E-state index in [1.807, 2.05) is 25.4 Å². The quantitative estimate of drug-likeness (QED) is 0.644. The van der Waals surface area contributed by atoms with E-state index in [-0.39, 0.29) is 5.91 Å². The molecule has 1 amide bonds. The first kappa shape index (κ1) is 11.8. The van der Waals surface area contributed by atoms with Crippen molar-refractivity contribution in [1.29, 1.82) is 0 Å². The van der Waals surface area contributed by atoms with E-state index >= 15 is 0 Å². The van der Waals surface area contributed by atoms with Gasteiger partial charge in [0.15, 0.2) is 0 Å². The van der Waals surface area contributed by atoms with Crippen LogP contribution in [0.25, 0.3) is 0 Å². The second-order valence-electron chi connectivity index (χ2n) is 3.86. The number of nitrogens with one attached hydrogen (secondary N) is 2. The molecular weight excluding hydrogens is 190 g/mol. The number of nitrogens with two attached hydrogens (primary N) is 1. The lowest BCUT2D eigenvalue weighted by Gasteiger charge is -2.09. The highest BCUT2D eigenvalue weighted by molar-refractivity contribution is 5.76. The topological polar surface area (TPSA) is 70.9 Å². The standard InChI is InChI=1S/C11H19N3O/c1-9(6-12)7-14-11(15)3-2-10-4-5-13-8-10/h4-5,8-9,13H,2-3,6-7,12H2,1H3,(H,14,15). The fraction of sp³-hybridized carbons (Fsp3) is 0.545. The van der Waals surface area contributed by atoms with Crippen molar-refractivity contribution < 1.29 is 4.79 Å². The number of rotatable bonds is 6. The summed E-state index contributed by atoms with van der Waals surface area (Å²) in [4.78, 5) is 14.4. The Morgan fingerprint density at radius 3 is 3.07 bits per heavy atom. The second-order valence-corrected chi connectivity index (χ2v) is 3.86. The van der Waals surface area contributed by atoms with Crippen LogP contribution in [-0.2, 0) is 11.2 Å². The third-order valence-electron chi connectivity index (χ3n) is 2.35. The summed E-state index contributed by atoms with van der Waals surface area (Å²) in [5.41, 5.74) is 6.62. The summed E-state index contributed by atoms with van der Waals surface area (Å²) in [6.07, 6.45) is 5.10. The molecule has 0 aromatic carbocycles. The Morgan fingerprint density at radius 1 is 1.67 bits per heavy atom. The highest BCUT2D eigenvalue weighted by atomic mass is 16.1. The molecule has 0 aliphatic carbocycles. The van der Waals surface area contributed by atoms with Gasteiger partial charge in [0.1, 0.15) is 0 Å². The van der Waals surface area contributed by atoms with Gasteiger partial charge in [-0.2, -0.15) is 0 Å². The van der Waals surface area contributed by atoms with E-state index in [2.05, 4.69) is 10.3 Å². The molecule has 1 atom stereocenters. The van der Waals surface area contributed by atoms with Gasteiger partial charge in [0.2, 0.25) is 5.91 Å². The van der Waals surface area contributed by atoms with Crippen LogP contribution in [0.1, 0.15) is 18.9 Å². The Balaban J connectivity index is 2.14. The Hall–Kier alpha value is -1.29. The molecule has 0 radical (unpaired) electrons. The number of aromatic amines is 1. The molecule has 0 spiro atoms. The number of H-pyrrole nitrogens is 1. The Bertz CT molecular complexity index is 282. The first-order chi connectivity index (χ1) is 7.22. The third-order valence-corrected chi connectivity index (χ3v) is 2.35. The van der Waals surface area contributed by atoms with Gasteiger partial charge in [0.05, 0.1) is 0 Å². The summed E-state index contributed by atoms with van der Waals surface area (Å²) in [7, 11) is 0. The largest absolute Gasteiger partial charge is 0.367 e. The van der Waals surface area contributed by atoms with E-state index in [0.717, 1.165) is 12.0 Å². The average molecular weight is 209 g/mol. The highest BCUT2D eigenvalue weighted by Crippen LogP contribution is 2.00. The van der Waals surface area contributed by atoms with E-state index < -0.39 is 0 Å². The zero-order valence-corrected chi connectivity index (χ0v) is 9.12. The summed E-state index contributed by atoms with van der Waals surface area (Å²) >= 11 is 0. The van der Waals surface area contributed by atoms with Gasteiger partial charge >= 0.3 is 0 Å². The van der Waals surface area contributed by atoms with Crippen molar-refractivity contribution in [3.05, 3.63) is 24.0 Å². The number of aryl methyl sites for hydroxylation is 1. The lowest BCUT2D eigenvalue weighted by atomic mass is 10.1. The minimum Gasteiger partial charge on any atom is -0.367 e. The molecule has 1 aromatic heterocycles. The van der Waals surface area contributed by atoms with Gasteiger partial charge in [-0.3, -0.25) is 4.79 Å². The maximum atomic E-state index is 11.4. The lowest BCUT2D eigenvalue weighted by Crippen LogP contribution is -2.31. The lowest BCUT2D eigenvalue weighted by molar-refractivity contribution is -0.121. The smallest absolute Gasteiger partial charge is 0.220 e. The molecule has 0 saturated carbocycles. The summed E-state index contributed by atoms with van der Waals surface area (Å²) in [6, 6.07) is 1.98. The fourth-order valence-electron chi connectivity index (χ4n) is 1.23. The zero-order chi connectivity index (χ0) is 11.1. The number of carbonyl (C=O) groups excluding carboxylic acids is 1. The number of hydrogen-bond donors (Lipinski definition) is 3. The molecular formula is C11H19N3O. The van der Waals surface area contributed by atoms with Gasteiger partial charge in [-0.25, -0.2) is 0 Å². The van der Waals surface area contributed by atoms with Gasteiger partial charge in [-0.1, -0.05) is 6.92 Å². The molecule has 1 heterocycles. The van der Waals surface area contributed by atoms with Crippen LogP contribution in [0, 0.1) is 5.92 Å². The number of aromatic nitrogens is 1. The van der Waals surface area contributed by atoms with Crippen LogP contribution in [0.15, 0.2) is 18.5 Å². The number of hydrogen-bond acceptors (Lipinski definition) is 2. The van der Waals surface area contributed by atoms with E-state index in [1.54, 1.807) is 0 Å². The molecule has 4 N–H and O–H groups in total. The average Bonchev–Trinajstić information content (AvgIpc) is 2.75. The minimum absolute atomic E-state index is 0.0940. The van der Waals surface area contributed by atoms with Crippen molar-refractivity contribution >= 4 is 5.91 Å². The van der Waals surface area contributed by atoms with Crippen LogP contribution in [0.2, 0.25) is 0 Å². The van der Waals surface area contributed by atoms with E-state index in [1.165, 1.54) is 0 Å². The summed E-state index contributed by atoms with van der Waals surface area (Å²) in [5.74, 6) is 0.442. The van der Waals surface area contributed by atoms with E-state index in [9.17, 15) is 4.79 Å². The predicted octanol–water partition coefficient (Wildman–Crippen LogP) is 0.658. The maximum Gasteiger partial charge on any atom is 0.220 e. The Labute approximate surface area is 90.2 Å². The summed E-state index contributed by atoms with van der Waals surface area (Å²) < 4.78 is 0. The normalized spacial score (nSPS) is 12.4. The highest BCUT2D eigenvalue weighted by Gasteiger charge is 2.04. The van der Waals surface area contributed by atoms with Crippen LogP contribution in [0.4, 0.5) is 0 Å². The van der Waals surface area contributed by atoms with Crippen LogP contribution in [0.5, 0.6) is 0 Å². The molecule has 1 rings (SSSR count). The minimum atomic E-state index is 0.0940. The predicted molar refractivity (Wildman–Crippen MR) is 60.3 cm³/mol. The maximum absolute atomic E-state index is 11.4. The van der Waals surface area contributed by atoms with Crippen molar-refractivity contribution in [2.24, 2.45) is 11.7 Å². The van der Waals surface area contributed by atoms with Gasteiger partial charge in [-0.15, -0.1) is 0 Å². The molecule has 0 bridgehead atoms. The molecule has 0 saturated heterocycles. The van der Waals surface area contributed by atoms with Crippen molar-refractivity contribution in [2.75, 3.05) is 13.1 Å². The fourth-order valence-corrected chi connectivity index (χ4v) is 1.23. The first-order valence-electron chi connectivity index (χ1n) is 5.30. The van der Waals surface area contributed by atoms with Gasteiger partial charge in [0, 0.05) is 25.4 Å². The van der Waals surface area contributed by atoms with Crippen LogP contribution < -0.4 is 11.1 Å². The van der Waals surface area contributed by atoms with Crippen LogP contribution in [0.3, 0.4) is 0 Å². The van der Waals surface area contributed by atoms with E-state index in [0.29, 0.717) is 25.4 Å². The monoisotopic (exact) mass is 209 g/mol. The molecule has 15 heavy (non-hydrogen) atoms. The Kier molecular flexibility index (Phi) is 4.90. The number of carbonyl (C=O) groups is 1. The molecule has 84 valence electrons. The van der Waals surface area contributed by atoms with E-state index in [4.69, 9.17) is 5.73 Å². The molecule has 0 fully saturated rings. The molecule has 1 unspecified atom stereocenters. The first-order valence-corrected chi connectivity index (χ1v) is 5.30. The van der Waals surface area contributed by atoms with Gasteiger partial charge in [-0.05, 0) is 30.5 Å². The van der Waals surface area contributed by atoms with Gasteiger partial charge < -0.3 is 16.0 Å². The molecule has 0 aliphatic rings. The van der Waals surface area contributed by atoms with Crippen LogP contribution >= 0.6 is 0 Å². The van der Waals surface area contributed by atoms with Gasteiger partial charge in [0.25, 0.3) is 0 Å². The SMILES string of the molecule is CC(CN)CNC(=O)CCc1cc[nH]c1. The van der Waals surface area contributed by atoms with Crippen molar-refractivity contribution in [3.8, 4) is 0 Å². The molecule has 1 aromatic rings.